The fraction of sp³-hybridized carbons (Fsp3) is 0.533. The lowest BCUT2D eigenvalue weighted by molar-refractivity contribution is 0.0624. The van der Waals surface area contributed by atoms with Crippen LogP contribution in [-0.4, -0.2) is 47.6 Å². The molecule has 0 saturated carbocycles. The molecule has 1 aliphatic rings. The summed E-state index contributed by atoms with van der Waals surface area (Å²) in [5.74, 6) is 0.603. The van der Waals surface area contributed by atoms with Crippen LogP contribution in [0.25, 0.3) is 0 Å². The lowest BCUT2D eigenvalue weighted by Gasteiger charge is -2.41. The van der Waals surface area contributed by atoms with Crippen LogP contribution in [0.3, 0.4) is 0 Å². The molecule has 4 heteroatoms. The molecule has 1 aromatic rings. The largest absolute Gasteiger partial charge is 0.415 e. The number of ether oxygens (including phenoxy) is 1. The number of para-hydroxylation sites is 1. The molecule has 0 radical (unpaired) electrons. The number of piperazine rings is 1. The first-order valence-electron chi connectivity index (χ1n) is 6.74. The fourth-order valence-corrected chi connectivity index (χ4v) is 2.21. The first kappa shape index (κ1) is 13.9. The van der Waals surface area contributed by atoms with Crippen LogP contribution in [0.2, 0.25) is 0 Å². The number of hydrogen-bond acceptors (Lipinski definition) is 3. The van der Waals surface area contributed by atoms with Crippen molar-refractivity contribution in [3.8, 4) is 5.75 Å². The van der Waals surface area contributed by atoms with Crippen molar-refractivity contribution in [2.24, 2.45) is 0 Å². The molecule has 0 N–H and O–H groups in total. The Kier molecular flexibility index (Phi) is 4.10. The van der Waals surface area contributed by atoms with E-state index < -0.39 is 0 Å². The summed E-state index contributed by atoms with van der Waals surface area (Å²) in [6.07, 6.45) is -0.250. The van der Waals surface area contributed by atoms with Gasteiger partial charge < -0.3 is 9.64 Å². The van der Waals surface area contributed by atoms with E-state index in [2.05, 4.69) is 25.7 Å². The van der Waals surface area contributed by atoms with E-state index >= 15 is 0 Å². The van der Waals surface area contributed by atoms with Gasteiger partial charge in [-0.15, -0.1) is 0 Å². The topological polar surface area (TPSA) is 32.8 Å². The van der Waals surface area contributed by atoms with Crippen molar-refractivity contribution in [1.29, 1.82) is 0 Å². The van der Waals surface area contributed by atoms with E-state index in [1.165, 1.54) is 0 Å². The van der Waals surface area contributed by atoms with E-state index in [1.807, 2.05) is 18.2 Å². The minimum Gasteiger partial charge on any atom is -0.410 e. The Morgan fingerprint density at radius 2 is 1.63 bits per heavy atom. The third-order valence-corrected chi connectivity index (χ3v) is 3.43. The van der Waals surface area contributed by atoms with Crippen molar-refractivity contribution >= 4 is 6.09 Å². The summed E-state index contributed by atoms with van der Waals surface area (Å²) in [5.41, 5.74) is 0.162. The zero-order valence-electron chi connectivity index (χ0n) is 11.9. The van der Waals surface area contributed by atoms with E-state index in [-0.39, 0.29) is 11.6 Å². The summed E-state index contributed by atoms with van der Waals surface area (Å²) in [5, 5.41) is 0. The molecule has 104 valence electrons. The van der Waals surface area contributed by atoms with Gasteiger partial charge in [0.15, 0.2) is 0 Å². The average molecular weight is 262 g/mol. The normalized spacial score (nSPS) is 17.3. The van der Waals surface area contributed by atoms with Crippen molar-refractivity contribution in [1.82, 2.24) is 9.80 Å². The molecule has 1 heterocycles. The number of amides is 1. The molecule has 1 amide bonds. The number of carbonyl (C=O) groups is 1. The number of hydrogen-bond donors (Lipinski definition) is 0. The smallest absolute Gasteiger partial charge is 0.410 e. The highest BCUT2D eigenvalue weighted by atomic mass is 16.6. The van der Waals surface area contributed by atoms with Crippen molar-refractivity contribution < 1.29 is 9.53 Å². The minimum absolute atomic E-state index is 0.162. The Balaban J connectivity index is 1.86. The van der Waals surface area contributed by atoms with Gasteiger partial charge in [-0.05, 0) is 32.9 Å². The van der Waals surface area contributed by atoms with Gasteiger partial charge in [-0.1, -0.05) is 18.2 Å². The maximum atomic E-state index is 12.0. The van der Waals surface area contributed by atoms with Crippen LogP contribution in [0.1, 0.15) is 20.8 Å². The van der Waals surface area contributed by atoms with Crippen LogP contribution in [0.15, 0.2) is 30.3 Å². The highest BCUT2D eigenvalue weighted by Crippen LogP contribution is 2.17. The Morgan fingerprint density at radius 1 is 1.05 bits per heavy atom. The minimum atomic E-state index is -0.250. The van der Waals surface area contributed by atoms with Gasteiger partial charge in [0.05, 0.1) is 0 Å². The van der Waals surface area contributed by atoms with Crippen molar-refractivity contribution in [3.63, 3.8) is 0 Å². The average Bonchev–Trinajstić information content (AvgIpc) is 2.39. The van der Waals surface area contributed by atoms with Gasteiger partial charge in [-0.2, -0.15) is 0 Å². The van der Waals surface area contributed by atoms with Crippen LogP contribution in [0.5, 0.6) is 5.75 Å². The number of benzene rings is 1. The molecule has 1 aromatic carbocycles. The first-order chi connectivity index (χ1) is 8.97. The molecule has 1 aliphatic heterocycles. The van der Waals surface area contributed by atoms with Crippen LogP contribution < -0.4 is 4.74 Å². The lowest BCUT2D eigenvalue weighted by Crippen LogP contribution is -2.55. The van der Waals surface area contributed by atoms with Crippen molar-refractivity contribution in [2.45, 2.75) is 26.3 Å². The molecule has 0 bridgehead atoms. The lowest BCUT2D eigenvalue weighted by atomic mass is 10.1. The van der Waals surface area contributed by atoms with Crippen LogP contribution >= 0.6 is 0 Å². The molecule has 4 nitrogen and oxygen atoms in total. The second-order valence-corrected chi connectivity index (χ2v) is 5.83. The molecular weight excluding hydrogens is 240 g/mol. The van der Waals surface area contributed by atoms with Gasteiger partial charge in [0.1, 0.15) is 5.75 Å². The van der Waals surface area contributed by atoms with E-state index in [4.69, 9.17) is 4.74 Å². The Labute approximate surface area is 115 Å². The summed E-state index contributed by atoms with van der Waals surface area (Å²) in [6, 6.07) is 9.21. The monoisotopic (exact) mass is 262 g/mol. The molecule has 0 unspecified atom stereocenters. The Bertz CT molecular complexity index is 418. The molecule has 0 aliphatic carbocycles. The SMILES string of the molecule is CC(C)(C)N1CCN(C(=O)Oc2ccccc2)CC1. The Morgan fingerprint density at radius 3 is 2.16 bits per heavy atom. The van der Waals surface area contributed by atoms with Crippen LogP contribution in [0.4, 0.5) is 4.79 Å². The predicted molar refractivity (Wildman–Crippen MR) is 75.4 cm³/mol. The third-order valence-electron chi connectivity index (χ3n) is 3.43. The van der Waals surface area contributed by atoms with Gasteiger partial charge >= 0.3 is 6.09 Å². The molecule has 19 heavy (non-hydrogen) atoms. The summed E-state index contributed by atoms with van der Waals surface area (Å²) in [4.78, 5) is 16.2. The molecule has 1 fully saturated rings. The van der Waals surface area contributed by atoms with E-state index in [0.717, 1.165) is 26.2 Å². The second kappa shape index (κ2) is 5.61. The van der Waals surface area contributed by atoms with E-state index in [0.29, 0.717) is 5.75 Å². The zero-order valence-corrected chi connectivity index (χ0v) is 11.9. The molecule has 2 rings (SSSR count). The summed E-state index contributed by atoms with van der Waals surface area (Å²) in [7, 11) is 0. The summed E-state index contributed by atoms with van der Waals surface area (Å²) < 4.78 is 5.34. The van der Waals surface area contributed by atoms with Gasteiger partial charge in [0.2, 0.25) is 0 Å². The number of nitrogens with zero attached hydrogens (tertiary/aromatic N) is 2. The highest BCUT2D eigenvalue weighted by molar-refractivity contribution is 5.70. The number of carbonyl (C=O) groups excluding carboxylic acids is 1. The van der Waals surface area contributed by atoms with Gasteiger partial charge in [0.25, 0.3) is 0 Å². The molecular formula is C15H22N2O2. The fourth-order valence-electron chi connectivity index (χ4n) is 2.21. The second-order valence-electron chi connectivity index (χ2n) is 5.83. The van der Waals surface area contributed by atoms with Crippen LogP contribution in [-0.2, 0) is 0 Å². The van der Waals surface area contributed by atoms with Crippen molar-refractivity contribution in [3.05, 3.63) is 30.3 Å². The van der Waals surface area contributed by atoms with Crippen molar-refractivity contribution in [2.75, 3.05) is 26.2 Å². The van der Waals surface area contributed by atoms with Crippen LogP contribution in [0, 0.1) is 0 Å². The van der Waals surface area contributed by atoms with Gasteiger partial charge in [-0.3, -0.25) is 4.90 Å². The maximum absolute atomic E-state index is 12.0. The van der Waals surface area contributed by atoms with E-state index in [1.54, 1.807) is 17.0 Å². The third kappa shape index (κ3) is 3.70. The summed E-state index contributed by atoms with van der Waals surface area (Å²) >= 11 is 0. The predicted octanol–water partition coefficient (Wildman–Crippen LogP) is 2.60. The quantitative estimate of drug-likeness (QED) is 0.780. The van der Waals surface area contributed by atoms with E-state index in [9.17, 15) is 4.79 Å². The van der Waals surface area contributed by atoms with Gasteiger partial charge in [-0.25, -0.2) is 4.79 Å². The standard InChI is InChI=1S/C15H22N2O2/c1-15(2,3)17-11-9-16(10-12-17)14(18)19-13-7-5-4-6-8-13/h4-8H,9-12H2,1-3H3. The highest BCUT2D eigenvalue weighted by Gasteiger charge is 2.28. The molecule has 0 atom stereocenters. The maximum Gasteiger partial charge on any atom is 0.415 e. The van der Waals surface area contributed by atoms with Gasteiger partial charge in [0, 0.05) is 31.7 Å². The molecule has 0 aromatic heterocycles. The molecule has 0 spiro atoms. The molecule has 1 saturated heterocycles. The first-order valence-corrected chi connectivity index (χ1v) is 6.74. The number of rotatable bonds is 1. The zero-order chi connectivity index (χ0) is 13.9. The Hall–Kier alpha value is -1.55. The summed E-state index contributed by atoms with van der Waals surface area (Å²) in [6.45, 7) is 9.84.